The third-order valence-corrected chi connectivity index (χ3v) is 3.95. The first-order valence-corrected chi connectivity index (χ1v) is 7.44. The number of aliphatic carboxylic acids is 1. The first kappa shape index (κ1) is 15.9. The van der Waals surface area contributed by atoms with Gasteiger partial charge in [-0.25, -0.2) is 4.79 Å². The summed E-state index contributed by atoms with van der Waals surface area (Å²) in [6, 6.07) is 5.60. The Morgan fingerprint density at radius 1 is 1.57 bits per heavy atom. The van der Waals surface area contributed by atoms with Crippen LogP contribution in [0.2, 0.25) is 5.02 Å². The normalized spacial score (nSPS) is 18.9. The van der Waals surface area contributed by atoms with Crippen molar-refractivity contribution in [3.63, 3.8) is 0 Å². The fourth-order valence-corrected chi connectivity index (χ4v) is 2.85. The molecule has 21 heavy (non-hydrogen) atoms. The number of rotatable bonds is 5. The summed E-state index contributed by atoms with van der Waals surface area (Å²) in [5.74, 6) is -0.483. The Morgan fingerprint density at radius 3 is 3.05 bits per heavy atom. The molecule has 1 atom stereocenters. The lowest BCUT2D eigenvalue weighted by Crippen LogP contribution is -2.31. The summed E-state index contributed by atoms with van der Waals surface area (Å²) in [7, 11) is 2.00. The Labute approximate surface area is 130 Å². The van der Waals surface area contributed by atoms with Crippen LogP contribution in [0.3, 0.4) is 0 Å². The number of benzene rings is 1. The van der Waals surface area contributed by atoms with Crippen LogP contribution in [0, 0.1) is 5.92 Å². The number of halogens is 1. The van der Waals surface area contributed by atoms with Crippen LogP contribution >= 0.6 is 11.6 Å². The van der Waals surface area contributed by atoms with Crippen molar-refractivity contribution in [2.75, 3.05) is 31.7 Å². The molecule has 1 aromatic carbocycles. The van der Waals surface area contributed by atoms with E-state index in [1.165, 1.54) is 0 Å². The third-order valence-electron chi connectivity index (χ3n) is 3.62. The molecule has 1 aliphatic heterocycles. The molecule has 0 radical (unpaired) electrons. The molecule has 0 aromatic heterocycles. The van der Waals surface area contributed by atoms with E-state index in [2.05, 4.69) is 4.90 Å². The van der Waals surface area contributed by atoms with Crippen molar-refractivity contribution < 1.29 is 14.6 Å². The maximum Gasteiger partial charge on any atom is 0.328 e. The van der Waals surface area contributed by atoms with Crippen molar-refractivity contribution in [2.24, 2.45) is 5.92 Å². The summed E-state index contributed by atoms with van der Waals surface area (Å²) in [6.45, 7) is 2.50. The second-order valence-electron chi connectivity index (χ2n) is 5.31. The summed E-state index contributed by atoms with van der Waals surface area (Å²) in [6.07, 6.45) is 4.92. The maximum absolute atomic E-state index is 10.7. The molecule has 1 N–H and O–H groups in total. The molecule has 1 fully saturated rings. The zero-order valence-electron chi connectivity index (χ0n) is 12.1. The Bertz CT molecular complexity index is 524. The van der Waals surface area contributed by atoms with E-state index in [0.29, 0.717) is 10.9 Å². The van der Waals surface area contributed by atoms with Crippen LogP contribution in [0.1, 0.15) is 18.4 Å². The summed E-state index contributed by atoms with van der Waals surface area (Å²) in [5.41, 5.74) is 1.67. The molecule has 0 saturated carbocycles. The van der Waals surface area contributed by atoms with E-state index in [1.807, 2.05) is 19.2 Å². The summed E-state index contributed by atoms with van der Waals surface area (Å²) >= 11 is 6.20. The highest BCUT2D eigenvalue weighted by Gasteiger charge is 2.17. The summed E-state index contributed by atoms with van der Waals surface area (Å²) < 4.78 is 5.51. The van der Waals surface area contributed by atoms with Crippen LogP contribution in [0.15, 0.2) is 24.3 Å². The predicted octanol–water partition coefficient (Wildman–Crippen LogP) is 3.30. The Balaban J connectivity index is 2.17. The first-order chi connectivity index (χ1) is 10.1. The summed E-state index contributed by atoms with van der Waals surface area (Å²) in [4.78, 5) is 12.8. The van der Waals surface area contributed by atoms with Gasteiger partial charge in [0.15, 0.2) is 0 Å². The van der Waals surface area contributed by atoms with Crippen molar-refractivity contribution in [1.82, 2.24) is 0 Å². The molecule has 1 aliphatic rings. The van der Waals surface area contributed by atoms with E-state index in [9.17, 15) is 4.79 Å². The number of nitrogens with zero attached hydrogens (tertiary/aromatic N) is 1. The van der Waals surface area contributed by atoms with Gasteiger partial charge < -0.3 is 14.7 Å². The van der Waals surface area contributed by atoms with Gasteiger partial charge in [-0.1, -0.05) is 17.7 Å². The van der Waals surface area contributed by atoms with Crippen molar-refractivity contribution in [3.05, 3.63) is 34.9 Å². The smallest absolute Gasteiger partial charge is 0.328 e. The highest BCUT2D eigenvalue weighted by atomic mass is 35.5. The molecule has 1 heterocycles. The molecule has 0 aliphatic carbocycles. The number of carboxylic acid groups (broad SMARTS) is 1. The van der Waals surface area contributed by atoms with Crippen LogP contribution in [-0.2, 0) is 9.53 Å². The van der Waals surface area contributed by atoms with Gasteiger partial charge in [-0.3, -0.25) is 0 Å². The monoisotopic (exact) mass is 309 g/mol. The van der Waals surface area contributed by atoms with Gasteiger partial charge in [0.1, 0.15) is 0 Å². The van der Waals surface area contributed by atoms with E-state index in [-0.39, 0.29) is 0 Å². The fraction of sp³-hybridized carbons (Fsp3) is 0.438. The van der Waals surface area contributed by atoms with Crippen molar-refractivity contribution in [1.29, 1.82) is 0 Å². The molecule has 2 rings (SSSR count). The second kappa shape index (κ2) is 7.48. The van der Waals surface area contributed by atoms with Gasteiger partial charge in [-0.05, 0) is 37.0 Å². The lowest BCUT2D eigenvalue weighted by molar-refractivity contribution is -0.131. The van der Waals surface area contributed by atoms with Crippen LogP contribution in [0.5, 0.6) is 0 Å². The fourth-order valence-electron chi connectivity index (χ4n) is 2.62. The van der Waals surface area contributed by atoms with Crippen LogP contribution < -0.4 is 4.90 Å². The molecule has 114 valence electrons. The highest BCUT2D eigenvalue weighted by Crippen LogP contribution is 2.29. The van der Waals surface area contributed by atoms with E-state index in [1.54, 1.807) is 12.1 Å². The number of carboxylic acids is 1. The molecule has 0 bridgehead atoms. The van der Waals surface area contributed by atoms with E-state index >= 15 is 0 Å². The van der Waals surface area contributed by atoms with E-state index < -0.39 is 5.97 Å². The van der Waals surface area contributed by atoms with Crippen molar-refractivity contribution >= 4 is 29.3 Å². The van der Waals surface area contributed by atoms with Crippen molar-refractivity contribution in [2.45, 2.75) is 12.8 Å². The molecule has 1 aromatic rings. The molecular weight excluding hydrogens is 290 g/mol. The third kappa shape index (κ3) is 4.48. The van der Waals surface area contributed by atoms with Crippen LogP contribution in [0.4, 0.5) is 5.69 Å². The number of anilines is 1. The zero-order chi connectivity index (χ0) is 15.2. The minimum Gasteiger partial charge on any atom is -0.478 e. The van der Waals surface area contributed by atoms with Gasteiger partial charge in [0, 0.05) is 42.5 Å². The van der Waals surface area contributed by atoms with Crippen LogP contribution in [-0.4, -0.2) is 37.9 Å². The van der Waals surface area contributed by atoms with E-state index in [0.717, 1.165) is 49.9 Å². The SMILES string of the molecule is CN(CC1CCCOC1)c1cccc(Cl)c1C=CC(=O)O. The largest absolute Gasteiger partial charge is 0.478 e. The van der Waals surface area contributed by atoms with E-state index in [4.69, 9.17) is 21.4 Å². The molecule has 0 amide bonds. The average Bonchev–Trinajstić information content (AvgIpc) is 2.46. The second-order valence-corrected chi connectivity index (χ2v) is 5.72. The maximum atomic E-state index is 10.7. The van der Waals surface area contributed by atoms with Gasteiger partial charge in [0.25, 0.3) is 0 Å². The zero-order valence-corrected chi connectivity index (χ0v) is 12.8. The average molecular weight is 310 g/mol. The number of hydrogen-bond acceptors (Lipinski definition) is 3. The van der Waals surface area contributed by atoms with Gasteiger partial charge >= 0.3 is 5.97 Å². The molecule has 1 saturated heterocycles. The number of hydrogen-bond donors (Lipinski definition) is 1. The number of ether oxygens (including phenoxy) is 1. The Hall–Kier alpha value is -1.52. The van der Waals surface area contributed by atoms with Crippen LogP contribution in [0.25, 0.3) is 6.08 Å². The van der Waals surface area contributed by atoms with Crippen molar-refractivity contribution in [3.8, 4) is 0 Å². The lowest BCUT2D eigenvalue weighted by Gasteiger charge is -2.29. The van der Waals surface area contributed by atoms with Gasteiger partial charge in [0.2, 0.25) is 0 Å². The predicted molar refractivity (Wildman–Crippen MR) is 84.9 cm³/mol. The molecule has 5 heteroatoms. The quantitative estimate of drug-likeness (QED) is 0.848. The molecule has 4 nitrogen and oxygen atoms in total. The highest BCUT2D eigenvalue weighted by molar-refractivity contribution is 6.32. The number of carbonyl (C=O) groups is 1. The Morgan fingerprint density at radius 2 is 2.38 bits per heavy atom. The minimum absolute atomic E-state index is 0.499. The summed E-state index contributed by atoms with van der Waals surface area (Å²) in [5, 5.41) is 9.35. The standard InChI is InChI=1S/C16H20ClNO3/c1-18(10-12-4-3-9-21-11-12)15-6-2-5-14(17)13(15)7-8-16(19)20/h2,5-8,12H,3-4,9-11H2,1H3,(H,19,20). The Kier molecular flexibility index (Phi) is 5.65. The molecular formula is C16H20ClNO3. The minimum atomic E-state index is -0.982. The topological polar surface area (TPSA) is 49.8 Å². The first-order valence-electron chi connectivity index (χ1n) is 7.06. The van der Waals surface area contributed by atoms with Gasteiger partial charge in [0.05, 0.1) is 6.61 Å². The molecule has 1 unspecified atom stereocenters. The lowest BCUT2D eigenvalue weighted by atomic mass is 10.0. The van der Waals surface area contributed by atoms with Gasteiger partial charge in [-0.15, -0.1) is 0 Å². The van der Waals surface area contributed by atoms with Gasteiger partial charge in [-0.2, -0.15) is 0 Å². The molecule has 0 spiro atoms.